The Labute approximate surface area is 181 Å². The molecule has 0 aliphatic heterocycles. The van der Waals surface area contributed by atoms with Crippen LogP contribution in [0.4, 0.5) is 5.88 Å². The molecular weight excluding hydrogens is 416 g/mol. The van der Waals surface area contributed by atoms with Crippen molar-refractivity contribution in [2.75, 3.05) is 0 Å². The van der Waals surface area contributed by atoms with Crippen molar-refractivity contribution in [1.29, 1.82) is 0 Å². The molecule has 0 saturated heterocycles. The number of rotatable bonds is 5. The van der Waals surface area contributed by atoms with Crippen LogP contribution in [-0.4, -0.2) is 21.9 Å². The first-order valence-electron chi connectivity index (χ1n) is 10.2. The van der Waals surface area contributed by atoms with Gasteiger partial charge in [0.25, 0.3) is 0 Å². The fourth-order valence-corrected chi connectivity index (χ4v) is 4.66. The number of nitro groups is 1. The van der Waals surface area contributed by atoms with Gasteiger partial charge in [-0.2, -0.15) is 5.10 Å². The van der Waals surface area contributed by atoms with Gasteiger partial charge < -0.3 is 8.83 Å². The largest absolute Gasteiger partial charge is 0.454 e. The lowest BCUT2D eigenvalue weighted by atomic mass is 9.96. The van der Waals surface area contributed by atoms with Crippen molar-refractivity contribution >= 4 is 34.4 Å². The van der Waals surface area contributed by atoms with Crippen LogP contribution in [-0.2, 0) is 0 Å². The van der Waals surface area contributed by atoms with Crippen molar-refractivity contribution < 1.29 is 13.8 Å². The molecule has 9 heteroatoms. The van der Waals surface area contributed by atoms with Crippen LogP contribution in [0, 0.1) is 10.1 Å². The summed E-state index contributed by atoms with van der Waals surface area (Å²) in [4.78, 5) is 16.0. The van der Waals surface area contributed by atoms with Gasteiger partial charge >= 0.3 is 5.88 Å². The molecule has 4 aromatic rings. The third-order valence-corrected chi connectivity index (χ3v) is 6.15. The lowest BCUT2D eigenvalue weighted by Gasteiger charge is -2.16. The van der Waals surface area contributed by atoms with Crippen molar-refractivity contribution in [3.8, 4) is 11.5 Å². The van der Waals surface area contributed by atoms with Crippen LogP contribution in [0.1, 0.15) is 37.9 Å². The van der Waals surface area contributed by atoms with E-state index in [2.05, 4.69) is 5.10 Å². The number of hydrogen-bond donors (Lipinski definition) is 0. The molecule has 3 aromatic heterocycles. The molecule has 1 aliphatic carbocycles. The molecule has 1 saturated carbocycles. The van der Waals surface area contributed by atoms with Gasteiger partial charge in [0, 0.05) is 10.8 Å². The van der Waals surface area contributed by atoms with Gasteiger partial charge in [0.05, 0.1) is 18.3 Å². The molecule has 0 spiro atoms. The second-order valence-electron chi connectivity index (χ2n) is 7.46. The van der Waals surface area contributed by atoms with Gasteiger partial charge in [0.2, 0.25) is 4.80 Å². The van der Waals surface area contributed by atoms with Crippen LogP contribution in [0.25, 0.3) is 22.4 Å². The van der Waals surface area contributed by atoms with E-state index in [0.29, 0.717) is 11.5 Å². The quantitative estimate of drug-likeness (QED) is 0.232. The van der Waals surface area contributed by atoms with Crippen LogP contribution in [0.5, 0.6) is 0 Å². The zero-order valence-electron chi connectivity index (χ0n) is 16.6. The molecule has 0 amide bonds. The van der Waals surface area contributed by atoms with Crippen LogP contribution >= 0.6 is 11.3 Å². The third kappa shape index (κ3) is 4.09. The monoisotopic (exact) mass is 436 g/mol. The SMILES string of the molecule is O=[N+]([O-])c1ccc(C=Nn2c(-c3cc4ccccc4o3)csc2=NC2CCCCC2)o1. The summed E-state index contributed by atoms with van der Waals surface area (Å²) in [6.45, 7) is 0. The van der Waals surface area contributed by atoms with E-state index in [-0.39, 0.29) is 11.9 Å². The fourth-order valence-electron chi connectivity index (χ4n) is 3.77. The van der Waals surface area contributed by atoms with Gasteiger partial charge in [0.15, 0.2) is 11.5 Å². The van der Waals surface area contributed by atoms with E-state index in [0.717, 1.165) is 34.3 Å². The highest BCUT2D eigenvalue weighted by atomic mass is 32.1. The average Bonchev–Trinajstić information content (AvgIpc) is 3.51. The number of nitrogens with zero attached hydrogens (tertiary/aromatic N) is 4. The summed E-state index contributed by atoms with van der Waals surface area (Å²) < 4.78 is 13.0. The Hall–Kier alpha value is -3.46. The zero-order chi connectivity index (χ0) is 21.2. The second-order valence-corrected chi connectivity index (χ2v) is 8.30. The second kappa shape index (κ2) is 8.35. The van der Waals surface area contributed by atoms with Crippen molar-refractivity contribution in [1.82, 2.24) is 4.68 Å². The number of aromatic nitrogens is 1. The van der Waals surface area contributed by atoms with Gasteiger partial charge in [-0.15, -0.1) is 11.3 Å². The summed E-state index contributed by atoms with van der Waals surface area (Å²) in [5.41, 5.74) is 1.57. The summed E-state index contributed by atoms with van der Waals surface area (Å²) in [5.74, 6) is 0.663. The molecule has 5 rings (SSSR count). The van der Waals surface area contributed by atoms with Gasteiger partial charge in [-0.3, -0.25) is 15.1 Å². The highest BCUT2D eigenvalue weighted by Gasteiger charge is 2.16. The zero-order valence-corrected chi connectivity index (χ0v) is 17.5. The summed E-state index contributed by atoms with van der Waals surface area (Å²) in [6, 6.07) is 12.9. The normalized spacial score (nSPS) is 15.9. The standard InChI is InChI=1S/C22H20N4O4S/c27-26(28)21-11-10-17(29-21)13-23-25-18(20-12-15-6-4-5-9-19(15)30-20)14-31-22(25)24-16-7-2-1-3-8-16/h4-6,9-14,16H,1-3,7-8H2. The maximum atomic E-state index is 10.9. The molecule has 0 N–H and O–H groups in total. The fraction of sp³-hybridized carbons (Fsp3) is 0.273. The molecular formula is C22H20N4O4S. The molecule has 158 valence electrons. The summed E-state index contributed by atoms with van der Waals surface area (Å²) >= 11 is 1.50. The minimum absolute atomic E-state index is 0.280. The van der Waals surface area contributed by atoms with Crippen molar-refractivity contribution in [3.63, 3.8) is 0 Å². The summed E-state index contributed by atoms with van der Waals surface area (Å²) in [6.07, 6.45) is 7.25. The van der Waals surface area contributed by atoms with Crippen LogP contribution in [0.2, 0.25) is 0 Å². The first-order chi connectivity index (χ1) is 15.2. The molecule has 3 heterocycles. The van der Waals surface area contributed by atoms with Gasteiger partial charge in [-0.25, -0.2) is 4.68 Å². The van der Waals surface area contributed by atoms with Crippen molar-refractivity contribution in [3.05, 3.63) is 68.5 Å². The van der Waals surface area contributed by atoms with Crippen molar-refractivity contribution in [2.45, 2.75) is 38.1 Å². The molecule has 1 aromatic carbocycles. The molecule has 31 heavy (non-hydrogen) atoms. The number of benzene rings is 1. The molecule has 1 aliphatic rings. The summed E-state index contributed by atoms with van der Waals surface area (Å²) in [7, 11) is 0. The van der Waals surface area contributed by atoms with E-state index in [9.17, 15) is 10.1 Å². The third-order valence-electron chi connectivity index (χ3n) is 5.32. The Bertz CT molecular complexity index is 1290. The first kappa shape index (κ1) is 19.5. The van der Waals surface area contributed by atoms with Gasteiger partial charge in [-0.1, -0.05) is 37.5 Å². The highest BCUT2D eigenvalue weighted by Crippen LogP contribution is 2.28. The Kier molecular flexibility index (Phi) is 5.25. The predicted octanol–water partition coefficient (Wildman–Crippen LogP) is 5.58. The topological polar surface area (TPSA) is 99.1 Å². The molecule has 0 bridgehead atoms. The smallest absolute Gasteiger partial charge is 0.433 e. The van der Waals surface area contributed by atoms with Crippen molar-refractivity contribution in [2.24, 2.45) is 10.1 Å². The Morgan fingerprint density at radius 3 is 2.74 bits per heavy atom. The van der Waals surface area contributed by atoms with E-state index in [1.807, 2.05) is 35.7 Å². The van der Waals surface area contributed by atoms with Crippen LogP contribution in [0.3, 0.4) is 0 Å². The number of hydrogen-bond acceptors (Lipinski definition) is 7. The summed E-state index contributed by atoms with van der Waals surface area (Å²) in [5, 5.41) is 18.4. The highest BCUT2D eigenvalue weighted by molar-refractivity contribution is 7.07. The number of fused-ring (bicyclic) bond motifs is 1. The number of furan rings is 2. The lowest BCUT2D eigenvalue weighted by molar-refractivity contribution is -0.402. The van der Waals surface area contributed by atoms with Crippen LogP contribution < -0.4 is 4.80 Å². The Morgan fingerprint density at radius 2 is 1.97 bits per heavy atom. The number of thiazole rings is 1. The Balaban J connectivity index is 1.58. The lowest BCUT2D eigenvalue weighted by Crippen LogP contribution is -2.18. The van der Waals surface area contributed by atoms with E-state index in [1.54, 1.807) is 4.68 Å². The average molecular weight is 436 g/mol. The first-order valence-corrected chi connectivity index (χ1v) is 11.1. The van der Waals surface area contributed by atoms with Gasteiger partial charge in [-0.05, 0) is 31.0 Å². The molecule has 1 fully saturated rings. The van der Waals surface area contributed by atoms with Gasteiger partial charge in [0.1, 0.15) is 16.2 Å². The van der Waals surface area contributed by atoms with E-state index in [1.165, 1.54) is 48.9 Å². The van der Waals surface area contributed by atoms with E-state index >= 15 is 0 Å². The van der Waals surface area contributed by atoms with Crippen LogP contribution in [0.15, 0.2) is 66.8 Å². The maximum Gasteiger partial charge on any atom is 0.433 e. The molecule has 0 unspecified atom stereocenters. The minimum atomic E-state index is -0.571. The van der Waals surface area contributed by atoms with E-state index in [4.69, 9.17) is 13.8 Å². The maximum absolute atomic E-state index is 10.9. The molecule has 8 nitrogen and oxygen atoms in total. The Morgan fingerprint density at radius 1 is 1.13 bits per heavy atom. The predicted molar refractivity (Wildman–Crippen MR) is 118 cm³/mol. The number of para-hydroxylation sites is 1. The minimum Gasteiger partial charge on any atom is -0.454 e. The van der Waals surface area contributed by atoms with E-state index < -0.39 is 4.92 Å². The molecule has 0 atom stereocenters. The molecule has 0 radical (unpaired) electrons.